The standard InChI is InChI=1S/C24H21F3N2O5S/c1-4-6-14-9-13(10-17(34-5-2)22(14)33-3)11-18-23(31)29(24(32)35-18)12-19(30)28-16-8-7-15(25)20(26)21(16)27/h4,7-11H,1,5-6,12H2,2-3H3,(H,28,30)/b18-11+. The van der Waals surface area contributed by atoms with Crippen LogP contribution in [0, 0.1) is 17.5 Å². The Kier molecular flexibility index (Phi) is 8.23. The summed E-state index contributed by atoms with van der Waals surface area (Å²) in [5.41, 5.74) is 0.699. The molecule has 1 heterocycles. The van der Waals surface area contributed by atoms with Crippen LogP contribution in [-0.4, -0.2) is 42.2 Å². The number of benzene rings is 2. The maximum absolute atomic E-state index is 13.8. The second-order valence-electron chi connectivity index (χ2n) is 7.18. The van der Waals surface area contributed by atoms with Crippen molar-refractivity contribution in [2.24, 2.45) is 0 Å². The van der Waals surface area contributed by atoms with E-state index in [9.17, 15) is 27.6 Å². The van der Waals surface area contributed by atoms with Crippen LogP contribution in [0.1, 0.15) is 18.1 Å². The summed E-state index contributed by atoms with van der Waals surface area (Å²) in [5.74, 6) is -5.48. The maximum Gasteiger partial charge on any atom is 0.294 e. The summed E-state index contributed by atoms with van der Waals surface area (Å²) in [4.78, 5) is 38.2. The first-order chi connectivity index (χ1) is 16.7. The van der Waals surface area contributed by atoms with Crippen LogP contribution in [0.15, 0.2) is 41.8 Å². The third-order valence-electron chi connectivity index (χ3n) is 4.80. The zero-order valence-corrected chi connectivity index (χ0v) is 19.6. The van der Waals surface area contributed by atoms with E-state index in [0.717, 1.165) is 11.6 Å². The van der Waals surface area contributed by atoms with Gasteiger partial charge < -0.3 is 14.8 Å². The summed E-state index contributed by atoms with van der Waals surface area (Å²) in [6, 6.07) is 4.89. The Labute approximate surface area is 203 Å². The smallest absolute Gasteiger partial charge is 0.294 e. The topological polar surface area (TPSA) is 84.9 Å². The lowest BCUT2D eigenvalue weighted by Crippen LogP contribution is -2.36. The van der Waals surface area contributed by atoms with E-state index in [1.54, 1.807) is 18.2 Å². The summed E-state index contributed by atoms with van der Waals surface area (Å²) in [6.45, 7) is 5.16. The Morgan fingerprint density at radius 2 is 1.94 bits per heavy atom. The minimum Gasteiger partial charge on any atom is -0.493 e. The highest BCUT2D eigenvalue weighted by Crippen LogP contribution is 2.37. The van der Waals surface area contributed by atoms with Gasteiger partial charge in [0.1, 0.15) is 6.54 Å². The third-order valence-corrected chi connectivity index (χ3v) is 5.71. The summed E-state index contributed by atoms with van der Waals surface area (Å²) < 4.78 is 51.3. The first kappa shape index (κ1) is 25.9. The molecule has 2 aromatic carbocycles. The fourth-order valence-corrected chi connectivity index (χ4v) is 4.15. The van der Waals surface area contributed by atoms with Crippen LogP contribution in [0.2, 0.25) is 0 Å². The first-order valence-corrected chi connectivity index (χ1v) is 11.1. The zero-order chi connectivity index (χ0) is 25.7. The van der Waals surface area contributed by atoms with Crippen LogP contribution >= 0.6 is 11.8 Å². The van der Waals surface area contributed by atoms with Crippen LogP contribution < -0.4 is 14.8 Å². The van der Waals surface area contributed by atoms with Gasteiger partial charge in [0, 0.05) is 5.56 Å². The Morgan fingerprint density at radius 1 is 1.20 bits per heavy atom. The lowest BCUT2D eigenvalue weighted by atomic mass is 10.0. The molecule has 3 amide bonds. The number of anilines is 1. The third kappa shape index (κ3) is 5.68. The molecule has 0 aromatic heterocycles. The van der Waals surface area contributed by atoms with E-state index in [0.29, 0.717) is 52.8 Å². The van der Waals surface area contributed by atoms with Crippen molar-refractivity contribution >= 4 is 40.6 Å². The molecule has 0 saturated carbocycles. The van der Waals surface area contributed by atoms with Crippen LogP contribution in [0.25, 0.3) is 6.08 Å². The second kappa shape index (κ2) is 11.1. The number of thioether (sulfide) groups is 1. The van der Waals surface area contributed by atoms with Crippen molar-refractivity contribution in [2.45, 2.75) is 13.3 Å². The Morgan fingerprint density at radius 3 is 2.60 bits per heavy atom. The van der Waals surface area contributed by atoms with Gasteiger partial charge in [-0.3, -0.25) is 19.3 Å². The van der Waals surface area contributed by atoms with Gasteiger partial charge in [-0.1, -0.05) is 6.08 Å². The van der Waals surface area contributed by atoms with Gasteiger partial charge in [-0.15, -0.1) is 6.58 Å². The number of amides is 3. The first-order valence-electron chi connectivity index (χ1n) is 10.3. The van der Waals surface area contributed by atoms with E-state index < -0.39 is 46.7 Å². The molecule has 11 heteroatoms. The minimum atomic E-state index is -1.75. The van der Waals surface area contributed by atoms with Gasteiger partial charge in [0.2, 0.25) is 5.91 Å². The normalized spacial score (nSPS) is 14.4. The molecular weight excluding hydrogens is 485 g/mol. The van der Waals surface area contributed by atoms with Crippen molar-refractivity contribution in [1.82, 2.24) is 4.90 Å². The van der Waals surface area contributed by atoms with Crippen molar-refractivity contribution in [1.29, 1.82) is 0 Å². The van der Waals surface area contributed by atoms with Crippen molar-refractivity contribution < 1.29 is 37.0 Å². The molecule has 0 bridgehead atoms. The zero-order valence-electron chi connectivity index (χ0n) is 18.8. The number of methoxy groups -OCH3 is 1. The van der Waals surface area contributed by atoms with Crippen molar-refractivity contribution in [3.63, 3.8) is 0 Å². The minimum absolute atomic E-state index is 0.0546. The number of imide groups is 1. The van der Waals surface area contributed by atoms with Gasteiger partial charge in [0.25, 0.3) is 11.1 Å². The van der Waals surface area contributed by atoms with Gasteiger partial charge in [0.15, 0.2) is 29.0 Å². The molecular formula is C24H21F3N2O5S. The Balaban J connectivity index is 1.82. The van der Waals surface area contributed by atoms with E-state index in [1.165, 1.54) is 13.2 Å². The molecule has 1 aliphatic heterocycles. The molecule has 7 nitrogen and oxygen atoms in total. The number of nitrogens with zero attached hydrogens (tertiary/aromatic N) is 1. The lowest BCUT2D eigenvalue weighted by molar-refractivity contribution is -0.127. The predicted molar refractivity (Wildman–Crippen MR) is 126 cm³/mol. The summed E-state index contributed by atoms with van der Waals surface area (Å²) in [5, 5.41) is 1.32. The monoisotopic (exact) mass is 506 g/mol. The molecule has 1 N–H and O–H groups in total. The predicted octanol–water partition coefficient (Wildman–Crippen LogP) is 4.91. The highest BCUT2D eigenvalue weighted by Gasteiger charge is 2.36. The molecule has 1 fully saturated rings. The number of allylic oxidation sites excluding steroid dienone is 1. The van der Waals surface area contributed by atoms with Gasteiger partial charge in [-0.25, -0.2) is 13.2 Å². The van der Waals surface area contributed by atoms with Crippen LogP contribution in [0.3, 0.4) is 0 Å². The van der Waals surface area contributed by atoms with Crippen LogP contribution in [0.5, 0.6) is 11.5 Å². The van der Waals surface area contributed by atoms with Gasteiger partial charge >= 0.3 is 0 Å². The molecule has 3 rings (SSSR count). The maximum atomic E-state index is 13.8. The number of hydrogen-bond donors (Lipinski definition) is 1. The number of carbonyl (C=O) groups excluding carboxylic acids is 3. The largest absolute Gasteiger partial charge is 0.493 e. The molecule has 2 aromatic rings. The van der Waals surface area contributed by atoms with Crippen molar-refractivity contribution in [3.05, 3.63) is 70.4 Å². The van der Waals surface area contributed by atoms with Crippen LogP contribution in [-0.2, 0) is 16.0 Å². The number of carbonyl (C=O) groups is 3. The van der Waals surface area contributed by atoms with Gasteiger partial charge in [-0.2, -0.15) is 0 Å². The fraction of sp³-hybridized carbons (Fsp3) is 0.208. The average Bonchev–Trinajstić information content (AvgIpc) is 3.07. The van der Waals surface area contributed by atoms with Gasteiger partial charge in [0.05, 0.1) is 24.3 Å². The number of halogens is 3. The number of rotatable bonds is 9. The molecule has 0 unspecified atom stereocenters. The van der Waals surface area contributed by atoms with E-state index in [2.05, 4.69) is 6.58 Å². The fourth-order valence-electron chi connectivity index (χ4n) is 3.31. The highest BCUT2D eigenvalue weighted by molar-refractivity contribution is 8.18. The molecule has 184 valence electrons. The summed E-state index contributed by atoms with van der Waals surface area (Å²) in [7, 11) is 1.51. The van der Waals surface area contributed by atoms with E-state index >= 15 is 0 Å². The molecule has 1 aliphatic rings. The van der Waals surface area contributed by atoms with Gasteiger partial charge in [-0.05, 0) is 61.0 Å². The van der Waals surface area contributed by atoms with Crippen LogP contribution in [0.4, 0.5) is 23.7 Å². The SMILES string of the molecule is C=CCc1cc(/C=C2/SC(=O)N(CC(=O)Nc3ccc(F)c(F)c3F)C2=O)cc(OCC)c1OC. The summed E-state index contributed by atoms with van der Waals surface area (Å²) in [6.07, 6.45) is 3.62. The summed E-state index contributed by atoms with van der Waals surface area (Å²) >= 11 is 0.624. The average molecular weight is 507 g/mol. The van der Waals surface area contributed by atoms with E-state index in [-0.39, 0.29) is 4.91 Å². The highest BCUT2D eigenvalue weighted by atomic mass is 32.2. The number of ether oxygens (including phenoxy) is 2. The molecule has 0 aliphatic carbocycles. The molecule has 1 saturated heterocycles. The molecule has 0 atom stereocenters. The molecule has 0 radical (unpaired) electrons. The lowest BCUT2D eigenvalue weighted by Gasteiger charge is -2.15. The Bertz CT molecular complexity index is 1230. The Hall–Kier alpha value is -3.73. The van der Waals surface area contributed by atoms with Crippen molar-refractivity contribution in [2.75, 3.05) is 25.6 Å². The molecule has 0 spiro atoms. The van der Waals surface area contributed by atoms with E-state index in [1.807, 2.05) is 12.2 Å². The quantitative estimate of drug-likeness (QED) is 0.295. The molecule has 35 heavy (non-hydrogen) atoms. The number of hydrogen-bond acceptors (Lipinski definition) is 6. The van der Waals surface area contributed by atoms with Crippen molar-refractivity contribution in [3.8, 4) is 11.5 Å². The number of nitrogens with one attached hydrogen (secondary N) is 1. The van der Waals surface area contributed by atoms with E-state index in [4.69, 9.17) is 9.47 Å². The second-order valence-corrected chi connectivity index (χ2v) is 8.17.